The fourth-order valence-electron chi connectivity index (χ4n) is 0.261. The number of halogens is 2. The van der Waals surface area contributed by atoms with Crippen molar-refractivity contribution in [1.82, 2.24) is 4.98 Å². The molecule has 1 aromatic heterocycles. The second-order valence-corrected chi connectivity index (χ2v) is 1.81. The summed E-state index contributed by atoms with van der Waals surface area (Å²) in [6, 6.07) is -0.559. The minimum atomic E-state index is -0.329. The van der Waals surface area contributed by atoms with Crippen LogP contribution in [0.15, 0.2) is 18.3 Å². The van der Waals surface area contributed by atoms with Gasteiger partial charge in [0.2, 0.25) is 0 Å². The SMILES string of the molecule is [2H]c1nc(Cl)c(Cl)c([2H])c1[2H]. The monoisotopic (exact) mass is 150 g/mol. The van der Waals surface area contributed by atoms with Gasteiger partial charge in [-0.1, -0.05) is 23.2 Å². The molecule has 0 aromatic carbocycles. The number of rotatable bonds is 0. The van der Waals surface area contributed by atoms with E-state index in [0.29, 0.717) is 0 Å². The van der Waals surface area contributed by atoms with Crippen LogP contribution >= 0.6 is 23.2 Å². The van der Waals surface area contributed by atoms with Crippen molar-refractivity contribution in [2.75, 3.05) is 0 Å². The third kappa shape index (κ3) is 1.11. The molecule has 0 radical (unpaired) electrons. The van der Waals surface area contributed by atoms with Gasteiger partial charge in [0, 0.05) is 6.17 Å². The van der Waals surface area contributed by atoms with Crippen LogP contribution in [-0.2, 0) is 0 Å². The largest absolute Gasteiger partial charge is 0.243 e. The standard InChI is InChI=1S/C5H3Cl2N/c6-4-2-1-3-8-5(4)7/h1-3H/i1D,2D,3D. The van der Waals surface area contributed by atoms with Crippen molar-refractivity contribution in [3.63, 3.8) is 0 Å². The van der Waals surface area contributed by atoms with Gasteiger partial charge in [-0.05, 0) is 12.1 Å². The van der Waals surface area contributed by atoms with E-state index in [-0.39, 0.29) is 28.4 Å². The summed E-state index contributed by atoms with van der Waals surface area (Å²) in [5.74, 6) is 0. The topological polar surface area (TPSA) is 12.9 Å². The van der Waals surface area contributed by atoms with Gasteiger partial charge in [0.1, 0.15) is 5.15 Å². The molecule has 0 atom stereocenters. The molecule has 1 nitrogen and oxygen atoms in total. The molecule has 1 aromatic rings. The lowest BCUT2D eigenvalue weighted by atomic mass is 10.5. The van der Waals surface area contributed by atoms with Crippen molar-refractivity contribution in [2.24, 2.45) is 0 Å². The van der Waals surface area contributed by atoms with Crippen LogP contribution in [0.4, 0.5) is 0 Å². The smallest absolute Gasteiger partial charge is 0.147 e. The molecule has 0 saturated heterocycles. The molecule has 0 aliphatic carbocycles. The van der Waals surface area contributed by atoms with Crippen LogP contribution in [0, 0.1) is 0 Å². The molecule has 0 aliphatic heterocycles. The Morgan fingerprint density at radius 1 is 1.62 bits per heavy atom. The third-order valence-electron chi connectivity index (χ3n) is 0.563. The Bertz CT molecular complexity index is 276. The van der Waals surface area contributed by atoms with Crippen molar-refractivity contribution < 1.29 is 4.11 Å². The van der Waals surface area contributed by atoms with Gasteiger partial charge >= 0.3 is 0 Å². The Labute approximate surface area is 61.5 Å². The van der Waals surface area contributed by atoms with Crippen LogP contribution in [0.5, 0.6) is 0 Å². The average Bonchev–Trinajstić information content (AvgIpc) is 1.97. The van der Waals surface area contributed by atoms with Crippen molar-refractivity contribution in [3.05, 3.63) is 28.4 Å². The summed E-state index contributed by atoms with van der Waals surface area (Å²) in [5, 5.41) is -0.176. The molecule has 0 amide bonds. The Hall–Kier alpha value is -0.270. The molecule has 0 fully saturated rings. The van der Waals surface area contributed by atoms with Crippen molar-refractivity contribution in [1.29, 1.82) is 0 Å². The van der Waals surface area contributed by atoms with Crippen molar-refractivity contribution >= 4 is 23.2 Å². The number of nitrogens with zero attached hydrogens (tertiary/aromatic N) is 1. The summed E-state index contributed by atoms with van der Waals surface area (Å²) in [4.78, 5) is 3.43. The van der Waals surface area contributed by atoms with Crippen molar-refractivity contribution in [2.45, 2.75) is 0 Å². The molecule has 0 saturated carbocycles. The highest BCUT2D eigenvalue weighted by Gasteiger charge is 1.91. The summed E-state index contributed by atoms with van der Waals surface area (Å²) < 4.78 is 21.3. The first-order chi connectivity index (χ1) is 5.04. The molecule has 8 heavy (non-hydrogen) atoms. The number of hydrogen-bond acceptors (Lipinski definition) is 1. The highest BCUT2D eigenvalue weighted by molar-refractivity contribution is 6.41. The lowest BCUT2D eigenvalue weighted by molar-refractivity contribution is 1.33. The zero-order valence-electron chi connectivity index (χ0n) is 6.70. The van der Waals surface area contributed by atoms with E-state index in [1.54, 1.807) is 0 Å². The summed E-state index contributed by atoms with van der Waals surface area (Å²) in [6.07, 6.45) is -0.329. The molecule has 0 N–H and O–H groups in total. The van der Waals surface area contributed by atoms with E-state index in [1.165, 1.54) is 0 Å². The van der Waals surface area contributed by atoms with Gasteiger partial charge in [0.05, 0.1) is 9.13 Å². The molecule has 0 aliphatic rings. The summed E-state index contributed by atoms with van der Waals surface area (Å²) in [7, 11) is 0. The van der Waals surface area contributed by atoms with Gasteiger partial charge in [-0.2, -0.15) is 0 Å². The Morgan fingerprint density at radius 2 is 2.38 bits per heavy atom. The maximum atomic E-state index is 7.16. The van der Waals surface area contributed by atoms with Crippen LogP contribution < -0.4 is 0 Å². The van der Waals surface area contributed by atoms with E-state index >= 15 is 0 Å². The number of pyridine rings is 1. The molecule has 0 unspecified atom stereocenters. The van der Waals surface area contributed by atoms with Gasteiger partial charge in [0.25, 0.3) is 0 Å². The van der Waals surface area contributed by atoms with Gasteiger partial charge in [-0.3, -0.25) is 0 Å². The molecule has 1 rings (SSSR count). The number of hydrogen-bond donors (Lipinski definition) is 0. The first kappa shape index (κ1) is 3.04. The maximum absolute atomic E-state index is 7.16. The Morgan fingerprint density at radius 3 is 3.12 bits per heavy atom. The highest BCUT2D eigenvalue weighted by Crippen LogP contribution is 2.16. The predicted octanol–water partition coefficient (Wildman–Crippen LogP) is 2.39. The zero-order chi connectivity index (χ0) is 8.59. The molecule has 42 valence electrons. The fourth-order valence-corrected chi connectivity index (χ4v) is 0.440. The molecule has 0 bridgehead atoms. The molecular weight excluding hydrogens is 145 g/mol. The van der Waals surface area contributed by atoms with E-state index in [4.69, 9.17) is 27.3 Å². The maximum Gasteiger partial charge on any atom is 0.147 e. The Balaban J connectivity index is 3.46. The Kier molecular flexibility index (Phi) is 0.887. The molecule has 1 heterocycles. The predicted molar refractivity (Wildman–Crippen MR) is 34.3 cm³/mol. The minimum absolute atomic E-state index is 0.0762. The molecule has 0 spiro atoms. The van der Waals surface area contributed by atoms with Crippen molar-refractivity contribution in [3.8, 4) is 0 Å². The second-order valence-electron chi connectivity index (χ2n) is 1.08. The highest BCUT2D eigenvalue weighted by atomic mass is 35.5. The van der Waals surface area contributed by atoms with Crippen LogP contribution in [0.2, 0.25) is 10.2 Å². The fraction of sp³-hybridized carbons (Fsp3) is 0. The molecular formula is C5H3Cl2N. The van der Waals surface area contributed by atoms with Gasteiger partial charge in [-0.15, -0.1) is 0 Å². The van der Waals surface area contributed by atoms with Gasteiger partial charge in [-0.25, -0.2) is 4.98 Å². The lowest BCUT2D eigenvalue weighted by Crippen LogP contribution is -1.70. The van der Waals surface area contributed by atoms with E-state index in [1.807, 2.05) is 0 Å². The van der Waals surface area contributed by atoms with Crippen LogP contribution in [0.25, 0.3) is 0 Å². The van der Waals surface area contributed by atoms with E-state index in [9.17, 15) is 0 Å². The van der Waals surface area contributed by atoms with E-state index < -0.39 is 0 Å². The minimum Gasteiger partial charge on any atom is -0.243 e. The first-order valence-corrected chi connectivity index (χ1v) is 2.58. The van der Waals surface area contributed by atoms with E-state index in [0.717, 1.165) is 0 Å². The zero-order valence-corrected chi connectivity index (χ0v) is 5.22. The quantitative estimate of drug-likeness (QED) is 0.518. The number of aromatic nitrogens is 1. The third-order valence-corrected chi connectivity index (χ3v) is 1.21. The first-order valence-electron chi connectivity index (χ1n) is 3.33. The van der Waals surface area contributed by atoms with Crippen LogP contribution in [-0.4, -0.2) is 4.98 Å². The second kappa shape index (κ2) is 2.33. The average molecular weight is 151 g/mol. The molecule has 3 heteroatoms. The summed E-state index contributed by atoms with van der Waals surface area (Å²) in [6.45, 7) is 0. The van der Waals surface area contributed by atoms with E-state index in [2.05, 4.69) is 4.98 Å². The van der Waals surface area contributed by atoms with Gasteiger partial charge < -0.3 is 0 Å². The van der Waals surface area contributed by atoms with Gasteiger partial charge in [0.15, 0.2) is 0 Å². The lowest BCUT2D eigenvalue weighted by Gasteiger charge is -1.87. The van der Waals surface area contributed by atoms with Crippen LogP contribution in [0.1, 0.15) is 4.11 Å². The summed E-state index contributed by atoms with van der Waals surface area (Å²) in [5.41, 5.74) is 0. The normalized spacial score (nSPS) is 14.5. The van der Waals surface area contributed by atoms with Crippen LogP contribution in [0.3, 0.4) is 0 Å². The summed E-state index contributed by atoms with van der Waals surface area (Å²) >= 11 is 10.9.